The number of ether oxygens (including phenoxy) is 3. The molecule has 6 heteroatoms. The molecule has 0 fully saturated rings. The fraction of sp³-hybridized carbons (Fsp3) is 0.250. The second-order valence-electron chi connectivity index (χ2n) is 5.44. The summed E-state index contributed by atoms with van der Waals surface area (Å²) in [5.74, 6) is 0.443. The van der Waals surface area contributed by atoms with Gasteiger partial charge in [-0.1, -0.05) is 42.5 Å². The predicted octanol–water partition coefficient (Wildman–Crippen LogP) is 3.92. The third kappa shape index (κ3) is 5.38. The molecule has 0 aromatic heterocycles. The Kier molecular flexibility index (Phi) is 8.24. The van der Waals surface area contributed by atoms with E-state index in [1.165, 1.54) is 7.11 Å². The summed E-state index contributed by atoms with van der Waals surface area (Å²) in [5, 5.41) is 10.9. The third-order valence-corrected chi connectivity index (χ3v) is 4.60. The van der Waals surface area contributed by atoms with Gasteiger partial charge < -0.3 is 19.3 Å². The Hall–Kier alpha value is -1.74. The largest absolute Gasteiger partial charge is 0.497 e. The lowest BCUT2D eigenvalue weighted by molar-refractivity contribution is -0.0194. The highest BCUT2D eigenvalue weighted by Gasteiger charge is 2.25. The van der Waals surface area contributed by atoms with Gasteiger partial charge in [0.15, 0.2) is 5.78 Å². The zero-order valence-electron chi connectivity index (χ0n) is 14.6. The number of hydrogen-bond acceptors (Lipinski definition) is 5. The van der Waals surface area contributed by atoms with Gasteiger partial charge in [-0.25, -0.2) is 0 Å². The van der Waals surface area contributed by atoms with Crippen molar-refractivity contribution in [2.24, 2.45) is 0 Å². The molecule has 1 N–H and O–H groups in total. The van der Waals surface area contributed by atoms with Crippen LogP contribution in [0.2, 0.25) is 0 Å². The molecule has 26 heavy (non-hydrogen) atoms. The molecule has 0 bridgehead atoms. The number of halogens is 1. The van der Waals surface area contributed by atoms with Gasteiger partial charge in [0, 0.05) is 21.8 Å². The van der Waals surface area contributed by atoms with Crippen molar-refractivity contribution in [1.29, 1.82) is 0 Å². The summed E-state index contributed by atoms with van der Waals surface area (Å²) in [6.07, 6.45) is -1.08. The van der Waals surface area contributed by atoms with Crippen LogP contribution in [0.25, 0.3) is 0 Å². The summed E-state index contributed by atoms with van der Waals surface area (Å²) < 4.78 is 16.0. The van der Waals surface area contributed by atoms with E-state index in [2.05, 4.69) is 0 Å². The van der Waals surface area contributed by atoms with Crippen molar-refractivity contribution in [1.82, 2.24) is 0 Å². The van der Waals surface area contributed by atoms with Gasteiger partial charge in [0.25, 0.3) is 0 Å². The van der Waals surface area contributed by atoms with Crippen LogP contribution in [-0.2, 0) is 9.47 Å². The molecule has 0 saturated carbocycles. The molecular formula is C20H21IO5. The molecule has 138 valence electrons. The van der Waals surface area contributed by atoms with Crippen molar-refractivity contribution in [3.05, 3.63) is 74.9 Å². The average molecular weight is 468 g/mol. The molecule has 0 heterocycles. The van der Waals surface area contributed by atoms with E-state index in [4.69, 9.17) is 14.2 Å². The van der Waals surface area contributed by atoms with E-state index in [0.717, 1.165) is 0 Å². The van der Waals surface area contributed by atoms with Gasteiger partial charge in [-0.05, 0) is 40.3 Å². The number of aliphatic hydroxyl groups is 1. The molecule has 0 amide bonds. The molecule has 1 atom stereocenters. The smallest absolute Gasteiger partial charge is 0.192 e. The van der Waals surface area contributed by atoms with Crippen LogP contribution in [-0.4, -0.2) is 38.5 Å². The van der Waals surface area contributed by atoms with Gasteiger partial charge in [-0.3, -0.25) is 4.79 Å². The van der Waals surface area contributed by atoms with Crippen LogP contribution in [0.15, 0.2) is 63.8 Å². The van der Waals surface area contributed by atoms with Crippen LogP contribution in [0.1, 0.15) is 22.0 Å². The van der Waals surface area contributed by atoms with E-state index in [1.54, 1.807) is 55.6 Å². The minimum atomic E-state index is -1.08. The van der Waals surface area contributed by atoms with Gasteiger partial charge in [0.1, 0.15) is 18.6 Å². The molecule has 0 aliphatic rings. The molecule has 5 nitrogen and oxygen atoms in total. The van der Waals surface area contributed by atoms with Crippen LogP contribution in [0, 0.1) is 0 Å². The highest BCUT2D eigenvalue weighted by atomic mass is 127. The highest BCUT2D eigenvalue weighted by molar-refractivity contribution is 14.1. The van der Waals surface area contributed by atoms with Gasteiger partial charge in [0.2, 0.25) is 0 Å². The molecule has 0 radical (unpaired) electrons. The lowest BCUT2D eigenvalue weighted by Gasteiger charge is -2.18. The zero-order chi connectivity index (χ0) is 18.9. The Bertz CT molecular complexity index is 741. The lowest BCUT2D eigenvalue weighted by Crippen LogP contribution is -2.15. The van der Waals surface area contributed by atoms with Crippen molar-refractivity contribution in [3.63, 3.8) is 0 Å². The van der Waals surface area contributed by atoms with E-state index in [9.17, 15) is 9.90 Å². The minimum absolute atomic E-state index is 0.109. The van der Waals surface area contributed by atoms with Crippen molar-refractivity contribution in [2.75, 3.05) is 27.6 Å². The van der Waals surface area contributed by atoms with Crippen molar-refractivity contribution in [2.45, 2.75) is 6.10 Å². The van der Waals surface area contributed by atoms with E-state index in [-0.39, 0.29) is 24.8 Å². The number of Topliss-reactive ketones (excluding diaryl/α,β-unsaturated/α-hetero) is 1. The molecular weight excluding hydrogens is 447 g/mol. The second-order valence-corrected chi connectivity index (χ2v) is 6.75. The number of ketones is 1. The standard InChI is InChI=1S/C20H21IO5/c1-24-13-26-12-17(21)18(19(22)14-6-4-3-5-7-14)20(23)15-8-10-16(25-2)11-9-15/h3-11,20,23H,12-13H2,1-2H3/b18-17-. The maximum atomic E-state index is 13.0. The lowest BCUT2D eigenvalue weighted by atomic mass is 9.94. The van der Waals surface area contributed by atoms with E-state index >= 15 is 0 Å². The summed E-state index contributed by atoms with van der Waals surface area (Å²) in [7, 11) is 3.10. The number of carbonyl (C=O) groups excluding carboxylic acids is 1. The molecule has 0 spiro atoms. The maximum absolute atomic E-state index is 13.0. The summed E-state index contributed by atoms with van der Waals surface area (Å²) in [4.78, 5) is 13.0. The van der Waals surface area contributed by atoms with Crippen LogP contribution in [0.3, 0.4) is 0 Å². The number of benzene rings is 2. The molecule has 2 rings (SSSR count). The van der Waals surface area contributed by atoms with Gasteiger partial charge in [-0.2, -0.15) is 0 Å². The van der Waals surface area contributed by atoms with Gasteiger partial charge in [0.05, 0.1) is 13.7 Å². The molecule has 0 aliphatic heterocycles. The molecule has 2 aromatic rings. The van der Waals surface area contributed by atoms with E-state index < -0.39 is 6.10 Å². The summed E-state index contributed by atoms with van der Waals surface area (Å²) in [6.45, 7) is 0.285. The van der Waals surface area contributed by atoms with Crippen LogP contribution in [0.4, 0.5) is 0 Å². The first kappa shape index (κ1) is 20.6. The quantitative estimate of drug-likeness (QED) is 0.199. The number of aliphatic hydroxyl groups excluding tert-OH is 1. The topological polar surface area (TPSA) is 65.0 Å². The number of hydrogen-bond donors (Lipinski definition) is 1. The first-order valence-electron chi connectivity index (χ1n) is 7.95. The molecule has 0 aliphatic carbocycles. The first-order valence-corrected chi connectivity index (χ1v) is 9.03. The van der Waals surface area contributed by atoms with Gasteiger partial charge in [-0.15, -0.1) is 0 Å². The highest BCUT2D eigenvalue weighted by Crippen LogP contribution is 2.31. The Morgan fingerprint density at radius 2 is 1.73 bits per heavy atom. The predicted molar refractivity (Wildman–Crippen MR) is 108 cm³/mol. The van der Waals surface area contributed by atoms with Gasteiger partial charge >= 0.3 is 0 Å². The number of methoxy groups -OCH3 is 2. The first-order chi connectivity index (χ1) is 12.6. The second kappa shape index (κ2) is 10.4. The van der Waals surface area contributed by atoms with E-state index in [1.807, 2.05) is 28.7 Å². The van der Waals surface area contributed by atoms with Crippen LogP contribution >= 0.6 is 22.6 Å². The Morgan fingerprint density at radius 3 is 2.31 bits per heavy atom. The average Bonchev–Trinajstić information content (AvgIpc) is 2.69. The fourth-order valence-corrected chi connectivity index (χ4v) is 3.15. The monoisotopic (exact) mass is 468 g/mol. The van der Waals surface area contributed by atoms with Crippen LogP contribution in [0.5, 0.6) is 5.75 Å². The molecule has 0 saturated heterocycles. The SMILES string of the molecule is COCOC/C(I)=C(\C(=O)c1ccccc1)C(O)c1ccc(OC)cc1. The maximum Gasteiger partial charge on any atom is 0.192 e. The molecule has 1 unspecified atom stereocenters. The van der Waals surface area contributed by atoms with E-state index in [0.29, 0.717) is 20.5 Å². The zero-order valence-corrected chi connectivity index (χ0v) is 16.8. The van der Waals surface area contributed by atoms with Crippen LogP contribution < -0.4 is 4.74 Å². The Labute approximate surface area is 166 Å². The van der Waals surface area contributed by atoms with Crippen molar-refractivity contribution >= 4 is 28.4 Å². The summed E-state index contributed by atoms with van der Waals surface area (Å²) in [5.41, 5.74) is 1.40. The number of carbonyl (C=O) groups is 1. The summed E-state index contributed by atoms with van der Waals surface area (Å²) >= 11 is 2.03. The summed E-state index contributed by atoms with van der Waals surface area (Å²) in [6, 6.07) is 15.8. The fourth-order valence-electron chi connectivity index (χ4n) is 2.39. The molecule has 2 aromatic carbocycles. The Balaban J connectivity index is 2.38. The third-order valence-electron chi connectivity index (χ3n) is 3.71. The normalized spacial score (nSPS) is 13.1. The number of rotatable bonds is 9. The minimum Gasteiger partial charge on any atom is -0.497 e. The Morgan fingerprint density at radius 1 is 1.08 bits per heavy atom. The van der Waals surface area contributed by atoms with Crippen molar-refractivity contribution in [3.8, 4) is 5.75 Å². The van der Waals surface area contributed by atoms with Crippen molar-refractivity contribution < 1.29 is 24.1 Å².